The molecule has 0 fully saturated rings. The van der Waals surface area contributed by atoms with Crippen LogP contribution in [-0.4, -0.2) is 32.9 Å². The number of carboxylic acids is 1. The third-order valence-electron chi connectivity index (χ3n) is 5.10. The summed E-state index contributed by atoms with van der Waals surface area (Å²) in [4.78, 5) is 30.0. The Balaban J connectivity index is 1.46. The maximum atomic E-state index is 13.9. The van der Waals surface area contributed by atoms with Gasteiger partial charge < -0.3 is 14.4 Å². The molecule has 0 saturated heterocycles. The van der Waals surface area contributed by atoms with Crippen LogP contribution in [0, 0.1) is 5.82 Å². The lowest BCUT2D eigenvalue weighted by atomic mass is 9.93. The van der Waals surface area contributed by atoms with Gasteiger partial charge in [0.2, 0.25) is 5.91 Å². The third kappa shape index (κ3) is 3.89. The second-order valence-corrected chi connectivity index (χ2v) is 6.95. The van der Waals surface area contributed by atoms with Crippen molar-refractivity contribution in [1.29, 1.82) is 0 Å². The fourth-order valence-electron chi connectivity index (χ4n) is 3.57. The van der Waals surface area contributed by atoms with Crippen LogP contribution >= 0.6 is 0 Å². The van der Waals surface area contributed by atoms with Crippen molar-refractivity contribution in [3.8, 4) is 11.3 Å². The Morgan fingerprint density at radius 1 is 1.14 bits per heavy atom. The summed E-state index contributed by atoms with van der Waals surface area (Å²) < 4.78 is 19.5. The Hall–Kier alpha value is -3.48. The van der Waals surface area contributed by atoms with E-state index >= 15 is 0 Å². The molecule has 148 valence electrons. The summed E-state index contributed by atoms with van der Waals surface area (Å²) >= 11 is 0. The largest absolute Gasteiger partial charge is 0.480 e. The van der Waals surface area contributed by atoms with Crippen LogP contribution in [0.3, 0.4) is 0 Å². The van der Waals surface area contributed by atoms with Crippen LogP contribution in [-0.2, 0) is 29.0 Å². The summed E-state index contributed by atoms with van der Waals surface area (Å²) in [7, 11) is 0. The molecule has 3 aromatic rings. The van der Waals surface area contributed by atoms with Gasteiger partial charge in [-0.15, -0.1) is 0 Å². The highest BCUT2D eigenvalue weighted by atomic mass is 19.1. The summed E-state index contributed by atoms with van der Waals surface area (Å²) in [5.74, 6) is -1.12. The Morgan fingerprint density at radius 3 is 2.62 bits per heavy atom. The Kier molecular flexibility index (Phi) is 5.12. The number of aromatic nitrogens is 1. The zero-order chi connectivity index (χ0) is 20.4. The molecule has 1 atom stereocenters. The lowest BCUT2D eigenvalue weighted by molar-refractivity contribution is -0.151. The number of amides is 1. The van der Waals surface area contributed by atoms with Crippen molar-refractivity contribution in [2.45, 2.75) is 31.8 Å². The number of carbonyl (C=O) groups is 2. The van der Waals surface area contributed by atoms with Gasteiger partial charge in [-0.25, -0.2) is 14.2 Å². The van der Waals surface area contributed by atoms with Gasteiger partial charge in [-0.2, -0.15) is 0 Å². The molecule has 1 aromatic heterocycles. The molecule has 2 aromatic carbocycles. The number of nitrogens with zero attached hydrogens (tertiary/aromatic N) is 2. The van der Waals surface area contributed by atoms with Crippen molar-refractivity contribution < 1.29 is 23.5 Å². The van der Waals surface area contributed by atoms with Crippen LogP contribution in [0.4, 0.5) is 4.39 Å². The lowest BCUT2D eigenvalue weighted by Gasteiger charge is -2.34. The maximum absolute atomic E-state index is 13.9. The highest BCUT2D eigenvalue weighted by Crippen LogP contribution is 2.26. The number of fused-ring (bicyclic) bond motifs is 1. The van der Waals surface area contributed by atoms with Gasteiger partial charge in [-0.05, 0) is 23.3 Å². The molecule has 1 N–H and O–H groups in total. The number of halogens is 1. The molecule has 2 heterocycles. The number of carboxylic acid groups (broad SMARTS) is 1. The molecule has 1 aliphatic rings. The molecule has 29 heavy (non-hydrogen) atoms. The molecule has 4 rings (SSSR count). The minimum atomic E-state index is -1.02. The van der Waals surface area contributed by atoms with Crippen molar-refractivity contribution in [2.24, 2.45) is 0 Å². The maximum Gasteiger partial charge on any atom is 0.326 e. The minimum Gasteiger partial charge on any atom is -0.480 e. The van der Waals surface area contributed by atoms with E-state index in [4.69, 9.17) is 4.42 Å². The van der Waals surface area contributed by atoms with Crippen molar-refractivity contribution in [2.75, 3.05) is 0 Å². The van der Waals surface area contributed by atoms with Gasteiger partial charge in [-0.1, -0.05) is 36.4 Å². The van der Waals surface area contributed by atoms with Crippen molar-refractivity contribution in [3.63, 3.8) is 0 Å². The van der Waals surface area contributed by atoms with Crippen LogP contribution in [0.5, 0.6) is 0 Å². The molecule has 1 aliphatic heterocycles. The van der Waals surface area contributed by atoms with E-state index in [0.717, 1.165) is 11.1 Å². The monoisotopic (exact) mass is 394 g/mol. The van der Waals surface area contributed by atoms with Crippen molar-refractivity contribution in [1.82, 2.24) is 9.88 Å². The van der Waals surface area contributed by atoms with Crippen molar-refractivity contribution >= 4 is 11.9 Å². The lowest BCUT2D eigenvalue weighted by Crippen LogP contribution is -2.48. The zero-order valence-corrected chi connectivity index (χ0v) is 15.5. The first-order chi connectivity index (χ1) is 14.0. The first-order valence-electron chi connectivity index (χ1n) is 9.31. The number of hydrogen-bond donors (Lipinski definition) is 1. The van der Waals surface area contributed by atoms with Gasteiger partial charge in [0.25, 0.3) is 0 Å². The smallest absolute Gasteiger partial charge is 0.326 e. The van der Waals surface area contributed by atoms with Gasteiger partial charge in [0.1, 0.15) is 11.9 Å². The fraction of sp³-hybridized carbons (Fsp3) is 0.227. The summed E-state index contributed by atoms with van der Waals surface area (Å²) in [6, 6.07) is 12.9. The predicted octanol–water partition coefficient (Wildman–Crippen LogP) is 3.45. The van der Waals surface area contributed by atoms with E-state index in [9.17, 15) is 19.1 Å². The number of benzene rings is 2. The van der Waals surface area contributed by atoms with Gasteiger partial charge in [0, 0.05) is 25.8 Å². The zero-order valence-electron chi connectivity index (χ0n) is 15.5. The summed E-state index contributed by atoms with van der Waals surface area (Å²) in [5, 5.41) is 9.56. The van der Waals surface area contributed by atoms with Gasteiger partial charge in [-0.3, -0.25) is 4.79 Å². The number of hydrogen-bond acceptors (Lipinski definition) is 4. The van der Waals surface area contributed by atoms with Crippen LogP contribution in [0.15, 0.2) is 59.1 Å². The molecule has 0 saturated carbocycles. The van der Waals surface area contributed by atoms with Crippen molar-refractivity contribution in [3.05, 3.63) is 77.6 Å². The highest BCUT2D eigenvalue weighted by molar-refractivity contribution is 5.84. The second-order valence-electron chi connectivity index (χ2n) is 6.95. The summed E-state index contributed by atoms with van der Waals surface area (Å²) in [5.41, 5.74) is 2.21. The predicted molar refractivity (Wildman–Crippen MR) is 102 cm³/mol. The number of oxazole rings is 1. The molecule has 1 amide bonds. The first-order valence-corrected chi connectivity index (χ1v) is 9.31. The molecular formula is C22H19FN2O4. The van der Waals surface area contributed by atoms with E-state index < -0.39 is 17.8 Å². The fourth-order valence-corrected chi connectivity index (χ4v) is 3.57. The number of carbonyl (C=O) groups excluding carboxylic acids is 1. The van der Waals surface area contributed by atoms with Crippen LogP contribution in [0.1, 0.15) is 23.4 Å². The summed E-state index contributed by atoms with van der Waals surface area (Å²) in [6.45, 7) is 0.262. The second kappa shape index (κ2) is 7.87. The number of aliphatic carboxylic acids is 1. The molecule has 7 heteroatoms. The normalized spacial score (nSPS) is 15.8. The molecular weight excluding hydrogens is 375 g/mol. The minimum absolute atomic E-state index is 0.0587. The average molecular weight is 394 g/mol. The molecule has 1 unspecified atom stereocenters. The van der Waals surface area contributed by atoms with E-state index in [0.29, 0.717) is 17.2 Å². The Bertz CT molecular complexity index is 1060. The standard InChI is InChI=1S/C22H19FN2O4/c23-17-8-4-3-7-16(17)19-12-24-20(29-19)9-10-21(26)25-13-15-6-2-1-5-14(15)11-18(25)22(27)28/h1-8,12,18H,9-11,13H2,(H,27,28). The quantitative estimate of drug-likeness (QED) is 0.717. The average Bonchev–Trinajstić information content (AvgIpc) is 3.20. The molecule has 0 spiro atoms. The van der Waals surface area contributed by atoms with Crippen LogP contribution in [0.25, 0.3) is 11.3 Å². The van der Waals surface area contributed by atoms with Crippen LogP contribution in [0.2, 0.25) is 0 Å². The topological polar surface area (TPSA) is 83.6 Å². The Morgan fingerprint density at radius 2 is 1.86 bits per heavy atom. The third-order valence-corrected chi connectivity index (χ3v) is 5.10. The number of aryl methyl sites for hydroxylation is 1. The SMILES string of the molecule is O=C(O)C1Cc2ccccc2CN1C(=O)CCc1ncc(-c2ccccc2F)o1. The van der Waals surface area contributed by atoms with Gasteiger partial charge in [0.15, 0.2) is 11.7 Å². The van der Waals surface area contributed by atoms with Crippen LogP contribution < -0.4 is 0 Å². The number of rotatable bonds is 5. The highest BCUT2D eigenvalue weighted by Gasteiger charge is 2.34. The van der Waals surface area contributed by atoms with Gasteiger partial charge in [0.05, 0.1) is 11.8 Å². The van der Waals surface area contributed by atoms with E-state index in [2.05, 4.69) is 4.98 Å². The van der Waals surface area contributed by atoms with E-state index in [1.807, 2.05) is 24.3 Å². The molecule has 0 bridgehead atoms. The van der Waals surface area contributed by atoms with Gasteiger partial charge >= 0.3 is 5.97 Å². The Labute approximate surface area is 166 Å². The molecule has 6 nitrogen and oxygen atoms in total. The van der Waals surface area contributed by atoms with E-state index in [1.165, 1.54) is 17.2 Å². The summed E-state index contributed by atoms with van der Waals surface area (Å²) in [6.07, 6.45) is 1.98. The molecule has 0 radical (unpaired) electrons. The van der Waals surface area contributed by atoms with E-state index in [1.54, 1.807) is 18.2 Å². The first kappa shape index (κ1) is 18.9. The molecule has 0 aliphatic carbocycles. The van der Waals surface area contributed by atoms with E-state index in [-0.39, 0.29) is 31.7 Å².